The third-order valence-electron chi connectivity index (χ3n) is 5.07. The van der Waals surface area contributed by atoms with Crippen molar-refractivity contribution in [1.82, 2.24) is 10.6 Å². The van der Waals surface area contributed by atoms with Crippen LogP contribution >= 0.6 is 11.6 Å². The van der Waals surface area contributed by atoms with E-state index >= 15 is 0 Å². The number of carbonyl (C=O) groups is 2. The molecule has 3 rings (SSSR count). The Balaban J connectivity index is 1.94. The number of hydrogen-bond acceptors (Lipinski definition) is 6. The first-order chi connectivity index (χ1) is 16.8. The van der Waals surface area contributed by atoms with E-state index in [2.05, 4.69) is 10.6 Å². The third-order valence-corrected chi connectivity index (χ3v) is 5.31. The van der Waals surface area contributed by atoms with Crippen LogP contribution in [0.15, 0.2) is 42.5 Å². The van der Waals surface area contributed by atoms with E-state index in [4.69, 9.17) is 30.5 Å². The highest BCUT2D eigenvalue weighted by molar-refractivity contribution is 6.31. The van der Waals surface area contributed by atoms with Crippen molar-refractivity contribution in [2.24, 2.45) is 0 Å². The lowest BCUT2D eigenvalue weighted by molar-refractivity contribution is 0.0755. The molecule has 0 aromatic heterocycles. The second kappa shape index (κ2) is 12.4. The summed E-state index contributed by atoms with van der Waals surface area (Å²) in [6.45, 7) is 8.45. The first-order valence-corrected chi connectivity index (χ1v) is 12.0. The Bertz CT molecular complexity index is 1190. The van der Waals surface area contributed by atoms with Gasteiger partial charge in [-0.15, -0.1) is 0 Å². The maximum Gasteiger partial charge on any atom is 0.407 e. The molecule has 2 unspecified atom stereocenters. The number of amides is 2. The van der Waals surface area contributed by atoms with Crippen LogP contribution in [0.4, 0.5) is 9.59 Å². The minimum Gasteiger partial charge on any atom is -0.488 e. The minimum absolute atomic E-state index is 0.153. The summed E-state index contributed by atoms with van der Waals surface area (Å²) in [4.78, 5) is 23.5. The van der Waals surface area contributed by atoms with E-state index in [0.717, 1.165) is 21.5 Å². The van der Waals surface area contributed by atoms with Gasteiger partial charge in [0, 0.05) is 39.7 Å². The smallest absolute Gasteiger partial charge is 0.407 e. The van der Waals surface area contributed by atoms with Crippen LogP contribution in [0.25, 0.3) is 21.5 Å². The number of halogens is 1. The predicted molar refractivity (Wildman–Crippen MR) is 137 cm³/mol. The van der Waals surface area contributed by atoms with Gasteiger partial charge in [0.2, 0.25) is 0 Å². The summed E-state index contributed by atoms with van der Waals surface area (Å²) in [6, 6.07) is 13.2. The average molecular weight is 503 g/mol. The largest absolute Gasteiger partial charge is 0.488 e. The second-order valence-corrected chi connectivity index (χ2v) is 8.44. The summed E-state index contributed by atoms with van der Waals surface area (Å²) in [7, 11) is 0. The number of carbonyl (C=O) groups excluding carboxylic acids is 2. The number of alkyl carbamates (subject to hydrolysis) is 2. The molecule has 2 atom stereocenters. The molecule has 8 nitrogen and oxygen atoms in total. The monoisotopic (exact) mass is 502 g/mol. The van der Waals surface area contributed by atoms with Crippen LogP contribution in [0.1, 0.15) is 27.7 Å². The molecular formula is C26H31ClN2O6. The fourth-order valence-electron chi connectivity index (χ4n) is 3.59. The van der Waals surface area contributed by atoms with Crippen molar-refractivity contribution in [3.8, 4) is 11.5 Å². The fourth-order valence-corrected chi connectivity index (χ4v) is 3.76. The highest BCUT2D eigenvalue weighted by atomic mass is 35.5. The molecule has 188 valence electrons. The molecule has 3 aromatic rings. The average Bonchev–Trinajstić information content (AvgIpc) is 2.81. The normalized spacial score (nSPS) is 12.6. The lowest BCUT2D eigenvalue weighted by atomic mass is 10.0. The first-order valence-electron chi connectivity index (χ1n) is 11.6. The van der Waals surface area contributed by atoms with Crippen LogP contribution in [-0.2, 0) is 9.47 Å². The van der Waals surface area contributed by atoms with E-state index in [1.807, 2.05) is 50.2 Å². The number of nitrogens with one attached hydrogen (secondary N) is 2. The molecule has 0 aliphatic carbocycles. The van der Waals surface area contributed by atoms with Crippen LogP contribution in [0, 0.1) is 0 Å². The molecular weight excluding hydrogens is 472 g/mol. The quantitative estimate of drug-likeness (QED) is 0.347. The highest BCUT2D eigenvalue weighted by Crippen LogP contribution is 2.43. The topological polar surface area (TPSA) is 95.1 Å². The van der Waals surface area contributed by atoms with Gasteiger partial charge >= 0.3 is 12.2 Å². The van der Waals surface area contributed by atoms with Gasteiger partial charge in [0.25, 0.3) is 0 Å². The summed E-state index contributed by atoms with van der Waals surface area (Å²) in [5.41, 5.74) is 0. The van der Waals surface area contributed by atoms with Gasteiger partial charge < -0.3 is 29.6 Å². The number of ether oxygens (including phenoxy) is 4. The molecule has 3 aromatic carbocycles. The molecule has 0 heterocycles. The number of benzene rings is 3. The van der Waals surface area contributed by atoms with Crippen LogP contribution in [0.3, 0.4) is 0 Å². The van der Waals surface area contributed by atoms with Crippen molar-refractivity contribution < 1.29 is 28.5 Å². The zero-order chi connectivity index (χ0) is 25.4. The predicted octanol–water partition coefficient (Wildman–Crippen LogP) is 5.67. The van der Waals surface area contributed by atoms with Crippen molar-refractivity contribution in [3.05, 3.63) is 47.5 Å². The summed E-state index contributed by atoms with van der Waals surface area (Å²) in [5, 5.41) is 8.96. The molecule has 2 N–H and O–H groups in total. The number of fused-ring (bicyclic) bond motifs is 2. The molecule has 35 heavy (non-hydrogen) atoms. The van der Waals surface area contributed by atoms with E-state index in [0.29, 0.717) is 29.6 Å². The van der Waals surface area contributed by atoms with Gasteiger partial charge in [-0.1, -0.05) is 35.9 Å². The minimum atomic E-state index is -0.492. The van der Waals surface area contributed by atoms with E-state index in [1.54, 1.807) is 19.9 Å². The molecule has 0 fully saturated rings. The van der Waals surface area contributed by atoms with Crippen LogP contribution in [0.5, 0.6) is 11.5 Å². The Morgan fingerprint density at radius 2 is 1.23 bits per heavy atom. The lowest BCUT2D eigenvalue weighted by Gasteiger charge is -2.21. The Morgan fingerprint density at radius 3 is 1.71 bits per heavy atom. The molecule has 0 aliphatic rings. The maximum absolute atomic E-state index is 11.8. The second-order valence-electron chi connectivity index (χ2n) is 8.01. The molecule has 0 bridgehead atoms. The summed E-state index contributed by atoms with van der Waals surface area (Å²) < 4.78 is 23.0. The van der Waals surface area contributed by atoms with Crippen LogP contribution < -0.4 is 20.1 Å². The fraction of sp³-hybridized carbons (Fsp3) is 0.385. The number of rotatable bonds is 10. The molecule has 0 aliphatic heterocycles. The van der Waals surface area contributed by atoms with Crippen LogP contribution in [-0.4, -0.2) is 50.7 Å². The summed E-state index contributed by atoms with van der Waals surface area (Å²) in [6.07, 6.45) is -1.92. The number of hydrogen-bond donors (Lipinski definition) is 2. The van der Waals surface area contributed by atoms with Crippen molar-refractivity contribution in [2.45, 2.75) is 39.9 Å². The van der Waals surface area contributed by atoms with E-state index in [1.165, 1.54) is 0 Å². The van der Waals surface area contributed by atoms with Gasteiger partial charge in [-0.2, -0.15) is 0 Å². The molecule has 0 spiro atoms. The van der Waals surface area contributed by atoms with E-state index < -0.39 is 24.4 Å². The van der Waals surface area contributed by atoms with Gasteiger partial charge in [0.15, 0.2) is 0 Å². The summed E-state index contributed by atoms with van der Waals surface area (Å²) >= 11 is 6.34. The van der Waals surface area contributed by atoms with E-state index in [-0.39, 0.29) is 13.2 Å². The molecule has 9 heteroatoms. The first kappa shape index (κ1) is 26.2. The summed E-state index contributed by atoms with van der Waals surface area (Å²) in [5.74, 6) is 1.25. The van der Waals surface area contributed by atoms with Crippen LogP contribution in [0.2, 0.25) is 5.02 Å². The van der Waals surface area contributed by atoms with Gasteiger partial charge in [0.1, 0.15) is 36.9 Å². The van der Waals surface area contributed by atoms with Gasteiger partial charge in [-0.25, -0.2) is 9.59 Å². The Morgan fingerprint density at radius 1 is 0.771 bits per heavy atom. The Kier molecular flexibility index (Phi) is 9.25. The van der Waals surface area contributed by atoms with Crippen molar-refractivity contribution in [3.63, 3.8) is 0 Å². The zero-order valence-electron chi connectivity index (χ0n) is 20.4. The van der Waals surface area contributed by atoms with Crippen molar-refractivity contribution in [2.75, 3.05) is 26.3 Å². The standard InChI is InChI=1S/C26H31ClN2O6/c1-5-28-25(30)34-16(3)14-32-23-19-9-7-8-10-20(19)24(22-13-18(27)11-12-21(22)23)33-15-17(4)35-26(31)29-6-2/h7-13,16-17H,5-6,14-15H2,1-4H3,(H,28,30)(H,29,31). The Labute approximate surface area is 209 Å². The third kappa shape index (κ3) is 6.82. The van der Waals surface area contributed by atoms with E-state index in [9.17, 15) is 9.59 Å². The van der Waals surface area contributed by atoms with Crippen molar-refractivity contribution in [1.29, 1.82) is 0 Å². The Hall–Kier alpha value is -3.39. The van der Waals surface area contributed by atoms with Gasteiger partial charge in [0.05, 0.1) is 0 Å². The van der Waals surface area contributed by atoms with Crippen molar-refractivity contribution >= 4 is 45.3 Å². The maximum atomic E-state index is 11.8. The van der Waals surface area contributed by atoms with Gasteiger partial charge in [-0.05, 0) is 45.9 Å². The molecule has 0 saturated heterocycles. The molecule has 0 radical (unpaired) electrons. The SMILES string of the molecule is CCNC(=O)OC(C)COc1c2ccccc2c(OCC(C)OC(=O)NCC)c2cc(Cl)ccc12. The molecule has 2 amide bonds. The highest BCUT2D eigenvalue weighted by Gasteiger charge is 2.19. The lowest BCUT2D eigenvalue weighted by Crippen LogP contribution is -2.30. The zero-order valence-corrected chi connectivity index (χ0v) is 21.1. The van der Waals surface area contributed by atoms with Gasteiger partial charge in [-0.3, -0.25) is 0 Å². The molecule has 0 saturated carbocycles.